The summed E-state index contributed by atoms with van der Waals surface area (Å²) in [4.78, 5) is 9.68. The van der Waals surface area contributed by atoms with Crippen molar-refractivity contribution in [3.63, 3.8) is 0 Å². The highest BCUT2D eigenvalue weighted by Crippen LogP contribution is 2.14. The van der Waals surface area contributed by atoms with Gasteiger partial charge in [-0.1, -0.05) is 38.1 Å². The molecule has 1 aliphatic rings. The summed E-state index contributed by atoms with van der Waals surface area (Å²) in [6.07, 6.45) is 1.95. The second-order valence-corrected chi connectivity index (χ2v) is 8.98. The highest BCUT2D eigenvalue weighted by Gasteiger charge is 2.14. The summed E-state index contributed by atoms with van der Waals surface area (Å²) in [6.45, 7) is 14.8. The third kappa shape index (κ3) is 11.5. The lowest BCUT2D eigenvalue weighted by atomic mass is 9.94. The molecule has 31 heavy (non-hydrogen) atoms. The zero-order chi connectivity index (χ0) is 21.8. The first-order chi connectivity index (χ1) is 14.5. The minimum atomic E-state index is 0. The number of aliphatic imine (C=N–C) groups is 1. The zero-order valence-corrected chi connectivity index (χ0v) is 22.3. The molecule has 0 aromatic heterocycles. The second kappa shape index (κ2) is 15.8. The number of hydrogen-bond donors (Lipinski definition) is 3. The Hall–Kier alpha value is -0.900. The molecule has 0 bridgehead atoms. The van der Waals surface area contributed by atoms with Gasteiger partial charge in [-0.2, -0.15) is 0 Å². The maximum Gasteiger partial charge on any atom is 0.191 e. The number of likely N-dealkylation sites (N-methyl/N-ethyl adjacent to an activating group) is 1. The number of aliphatic hydroxyl groups excluding tert-OH is 1. The Morgan fingerprint density at radius 1 is 1.06 bits per heavy atom. The minimum Gasteiger partial charge on any atom is -0.396 e. The topological polar surface area (TPSA) is 63.1 Å². The number of benzene rings is 1. The van der Waals surface area contributed by atoms with Crippen molar-refractivity contribution in [3.05, 3.63) is 35.4 Å². The van der Waals surface area contributed by atoms with Crippen LogP contribution in [0.15, 0.2) is 29.3 Å². The highest BCUT2D eigenvalue weighted by atomic mass is 127. The molecule has 3 N–H and O–H groups in total. The quantitative estimate of drug-likeness (QED) is 0.227. The Balaban J connectivity index is 0.00000480. The van der Waals surface area contributed by atoms with Crippen LogP contribution in [0.2, 0.25) is 0 Å². The number of piperazine rings is 1. The van der Waals surface area contributed by atoms with E-state index in [2.05, 4.69) is 72.5 Å². The SMILES string of the molecule is CCNC(=NCc1ccc(CN2CCN(C)CC2)cc1)NCC(CCO)CC(C)C.I. The third-order valence-electron chi connectivity index (χ3n) is 5.69. The summed E-state index contributed by atoms with van der Waals surface area (Å²) in [5.74, 6) is 1.95. The van der Waals surface area contributed by atoms with E-state index in [0.29, 0.717) is 18.4 Å². The van der Waals surface area contributed by atoms with Crippen LogP contribution in [0.4, 0.5) is 0 Å². The average Bonchev–Trinajstić information content (AvgIpc) is 2.72. The van der Waals surface area contributed by atoms with Gasteiger partial charge in [0.1, 0.15) is 0 Å². The lowest BCUT2D eigenvalue weighted by Gasteiger charge is -2.32. The molecule has 1 aromatic carbocycles. The molecule has 0 radical (unpaired) electrons. The Kier molecular flexibility index (Phi) is 14.4. The monoisotopic (exact) mass is 545 g/mol. The summed E-state index contributed by atoms with van der Waals surface area (Å²) in [5, 5.41) is 16.1. The van der Waals surface area contributed by atoms with Crippen molar-refractivity contribution in [1.29, 1.82) is 0 Å². The van der Waals surface area contributed by atoms with Crippen LogP contribution in [0, 0.1) is 11.8 Å². The van der Waals surface area contributed by atoms with E-state index in [1.165, 1.54) is 11.1 Å². The molecule has 1 atom stereocenters. The van der Waals surface area contributed by atoms with E-state index < -0.39 is 0 Å². The summed E-state index contributed by atoms with van der Waals surface area (Å²) in [6, 6.07) is 8.88. The van der Waals surface area contributed by atoms with Crippen LogP contribution < -0.4 is 10.6 Å². The first-order valence-corrected chi connectivity index (χ1v) is 11.6. The van der Waals surface area contributed by atoms with Gasteiger partial charge in [-0.15, -0.1) is 24.0 Å². The van der Waals surface area contributed by atoms with Crippen LogP contribution >= 0.6 is 24.0 Å². The van der Waals surface area contributed by atoms with Crippen molar-refractivity contribution in [2.45, 2.75) is 46.7 Å². The Morgan fingerprint density at radius 2 is 1.71 bits per heavy atom. The van der Waals surface area contributed by atoms with Crippen LogP contribution in [0.1, 0.15) is 44.7 Å². The number of halogens is 1. The van der Waals surface area contributed by atoms with Crippen molar-refractivity contribution in [2.24, 2.45) is 16.8 Å². The van der Waals surface area contributed by atoms with Crippen LogP contribution in [0.3, 0.4) is 0 Å². The standard InChI is InChI=1S/C24H43N5O.HI/c1-5-25-24(27-18-23(10-15-30)16-20(2)3)26-17-21-6-8-22(9-7-21)19-29-13-11-28(4)12-14-29;/h6-9,20,23,30H,5,10-19H2,1-4H3,(H2,25,26,27);1H. The number of nitrogens with one attached hydrogen (secondary N) is 2. The van der Waals surface area contributed by atoms with Gasteiger partial charge in [0.15, 0.2) is 5.96 Å². The smallest absolute Gasteiger partial charge is 0.191 e. The third-order valence-corrected chi connectivity index (χ3v) is 5.69. The normalized spacial score (nSPS) is 16.8. The first kappa shape index (κ1) is 28.1. The molecule has 0 amide bonds. The molecule has 1 saturated heterocycles. The van der Waals surface area contributed by atoms with Crippen LogP contribution in [0.5, 0.6) is 0 Å². The van der Waals surface area contributed by atoms with Crippen molar-refractivity contribution < 1.29 is 5.11 Å². The molecule has 0 spiro atoms. The molecule has 1 aliphatic heterocycles. The van der Waals surface area contributed by atoms with Gasteiger partial charge >= 0.3 is 0 Å². The van der Waals surface area contributed by atoms with Gasteiger partial charge < -0.3 is 20.6 Å². The number of guanidine groups is 1. The van der Waals surface area contributed by atoms with Crippen LogP contribution in [0.25, 0.3) is 0 Å². The summed E-state index contributed by atoms with van der Waals surface area (Å²) >= 11 is 0. The lowest BCUT2D eigenvalue weighted by molar-refractivity contribution is 0.148. The Morgan fingerprint density at radius 3 is 2.29 bits per heavy atom. The summed E-state index contributed by atoms with van der Waals surface area (Å²) in [7, 11) is 2.19. The largest absolute Gasteiger partial charge is 0.396 e. The highest BCUT2D eigenvalue weighted by molar-refractivity contribution is 14.0. The van der Waals surface area contributed by atoms with E-state index in [4.69, 9.17) is 4.99 Å². The van der Waals surface area contributed by atoms with Crippen LogP contribution in [-0.2, 0) is 13.1 Å². The Bertz CT molecular complexity index is 615. The van der Waals surface area contributed by atoms with Gasteiger partial charge in [0, 0.05) is 52.4 Å². The predicted molar refractivity (Wildman–Crippen MR) is 142 cm³/mol. The van der Waals surface area contributed by atoms with Crippen LogP contribution in [-0.4, -0.2) is 73.8 Å². The fraction of sp³-hybridized carbons (Fsp3) is 0.708. The van der Waals surface area contributed by atoms with E-state index in [-0.39, 0.29) is 30.6 Å². The van der Waals surface area contributed by atoms with Crippen molar-refractivity contribution in [1.82, 2.24) is 20.4 Å². The predicted octanol–water partition coefficient (Wildman–Crippen LogP) is 3.15. The molecule has 1 unspecified atom stereocenters. The molecular weight excluding hydrogens is 501 g/mol. The molecule has 0 saturated carbocycles. The minimum absolute atomic E-state index is 0. The second-order valence-electron chi connectivity index (χ2n) is 8.98. The lowest BCUT2D eigenvalue weighted by Crippen LogP contribution is -2.43. The maximum atomic E-state index is 9.33. The zero-order valence-electron chi connectivity index (χ0n) is 19.9. The van der Waals surface area contributed by atoms with Crippen molar-refractivity contribution >= 4 is 29.9 Å². The molecule has 6 nitrogen and oxygen atoms in total. The number of aliphatic hydroxyl groups is 1. The molecule has 1 fully saturated rings. The fourth-order valence-electron chi connectivity index (χ4n) is 3.92. The molecule has 1 aromatic rings. The first-order valence-electron chi connectivity index (χ1n) is 11.6. The molecular formula is C24H44IN5O. The van der Waals surface area contributed by atoms with E-state index in [1.54, 1.807) is 0 Å². The van der Waals surface area contributed by atoms with Gasteiger partial charge in [-0.3, -0.25) is 4.90 Å². The maximum absolute atomic E-state index is 9.33. The fourth-order valence-corrected chi connectivity index (χ4v) is 3.92. The van der Waals surface area contributed by atoms with E-state index in [1.807, 2.05) is 0 Å². The van der Waals surface area contributed by atoms with E-state index in [0.717, 1.165) is 64.6 Å². The van der Waals surface area contributed by atoms with E-state index in [9.17, 15) is 5.11 Å². The average molecular weight is 546 g/mol. The Labute approximate surface area is 206 Å². The van der Waals surface area contributed by atoms with Gasteiger partial charge in [0.25, 0.3) is 0 Å². The van der Waals surface area contributed by atoms with E-state index >= 15 is 0 Å². The van der Waals surface area contributed by atoms with Gasteiger partial charge in [-0.25, -0.2) is 4.99 Å². The number of rotatable bonds is 11. The molecule has 2 rings (SSSR count). The van der Waals surface area contributed by atoms with Crippen molar-refractivity contribution in [3.8, 4) is 0 Å². The van der Waals surface area contributed by atoms with Gasteiger partial charge in [0.2, 0.25) is 0 Å². The number of nitrogens with zero attached hydrogens (tertiary/aromatic N) is 3. The van der Waals surface area contributed by atoms with Gasteiger partial charge in [-0.05, 0) is 49.8 Å². The molecule has 1 heterocycles. The number of hydrogen-bond acceptors (Lipinski definition) is 4. The molecule has 7 heteroatoms. The van der Waals surface area contributed by atoms with Crippen molar-refractivity contribution in [2.75, 3.05) is 52.9 Å². The molecule has 0 aliphatic carbocycles. The summed E-state index contributed by atoms with van der Waals surface area (Å²) in [5.41, 5.74) is 2.60. The molecule has 178 valence electrons. The van der Waals surface area contributed by atoms with Gasteiger partial charge in [0.05, 0.1) is 6.54 Å². The summed E-state index contributed by atoms with van der Waals surface area (Å²) < 4.78 is 0.